The van der Waals surface area contributed by atoms with E-state index in [-0.39, 0.29) is 16.5 Å². The Morgan fingerprint density at radius 3 is 2.71 bits per heavy atom. The lowest BCUT2D eigenvalue weighted by molar-refractivity contribution is 0.0686. The third kappa shape index (κ3) is 2.57. The third-order valence-corrected chi connectivity index (χ3v) is 4.40. The number of halogens is 2. The van der Waals surface area contributed by atoms with Crippen LogP contribution in [0.3, 0.4) is 0 Å². The SMILES string of the molecule is COc1cc2c(nc1C(=O)O)C(C)(C)CN2c1ccc(Cl)c(F)c1. The molecule has 1 aliphatic rings. The van der Waals surface area contributed by atoms with Crippen molar-refractivity contribution in [1.82, 2.24) is 4.98 Å². The molecule has 0 unspecified atom stereocenters. The van der Waals surface area contributed by atoms with Gasteiger partial charge in [0.05, 0.1) is 23.5 Å². The maximum absolute atomic E-state index is 13.8. The maximum atomic E-state index is 13.8. The van der Waals surface area contributed by atoms with Crippen LogP contribution < -0.4 is 9.64 Å². The van der Waals surface area contributed by atoms with Gasteiger partial charge in [0.2, 0.25) is 0 Å². The van der Waals surface area contributed by atoms with Gasteiger partial charge in [-0.3, -0.25) is 0 Å². The largest absolute Gasteiger partial charge is 0.494 e. The Bertz CT molecular complexity index is 839. The minimum absolute atomic E-state index is 0.0503. The molecule has 0 saturated heterocycles. The summed E-state index contributed by atoms with van der Waals surface area (Å²) in [5.41, 5.74) is 1.42. The number of pyridine rings is 1. The Labute approximate surface area is 143 Å². The number of carboxylic acid groups (broad SMARTS) is 1. The Balaban J connectivity index is 2.18. The minimum atomic E-state index is -1.15. The minimum Gasteiger partial charge on any atom is -0.494 e. The molecule has 0 spiro atoms. The standard InChI is InChI=1S/C17H16ClFN2O3/c1-17(2)8-21(9-4-5-10(18)11(19)6-9)12-7-13(24-3)14(16(22)23)20-15(12)17/h4-7H,8H2,1-3H3,(H,22,23). The van der Waals surface area contributed by atoms with Crippen molar-refractivity contribution in [3.63, 3.8) is 0 Å². The van der Waals surface area contributed by atoms with Gasteiger partial charge in [0, 0.05) is 23.7 Å². The monoisotopic (exact) mass is 350 g/mol. The Morgan fingerprint density at radius 1 is 1.42 bits per heavy atom. The number of hydrogen-bond acceptors (Lipinski definition) is 4. The molecule has 3 rings (SSSR count). The van der Waals surface area contributed by atoms with Crippen molar-refractivity contribution in [1.29, 1.82) is 0 Å². The van der Waals surface area contributed by atoms with Crippen molar-refractivity contribution in [2.24, 2.45) is 0 Å². The molecule has 0 aliphatic carbocycles. The first kappa shape index (κ1) is 16.5. The van der Waals surface area contributed by atoms with Crippen LogP contribution in [0.25, 0.3) is 0 Å². The molecule has 1 N–H and O–H groups in total. The van der Waals surface area contributed by atoms with Crippen molar-refractivity contribution in [2.45, 2.75) is 19.3 Å². The van der Waals surface area contributed by atoms with Gasteiger partial charge in [0.25, 0.3) is 0 Å². The first-order chi connectivity index (χ1) is 11.2. The fraction of sp³-hybridized carbons (Fsp3) is 0.294. The predicted molar refractivity (Wildman–Crippen MR) is 89.2 cm³/mol. The molecule has 0 saturated carbocycles. The molecular formula is C17H16ClFN2O3. The highest BCUT2D eigenvalue weighted by molar-refractivity contribution is 6.30. The fourth-order valence-corrected chi connectivity index (χ4v) is 3.05. The summed E-state index contributed by atoms with van der Waals surface area (Å²) in [7, 11) is 1.39. The van der Waals surface area contributed by atoms with E-state index >= 15 is 0 Å². The van der Waals surface area contributed by atoms with E-state index in [4.69, 9.17) is 16.3 Å². The Morgan fingerprint density at radius 2 is 2.12 bits per heavy atom. The molecule has 5 nitrogen and oxygen atoms in total. The van der Waals surface area contributed by atoms with Gasteiger partial charge < -0.3 is 14.7 Å². The molecule has 0 atom stereocenters. The third-order valence-electron chi connectivity index (χ3n) is 4.09. The number of rotatable bonds is 3. The molecule has 2 aromatic rings. The average molecular weight is 351 g/mol. The lowest BCUT2D eigenvalue weighted by atomic mass is 9.91. The molecule has 0 bridgehead atoms. The van der Waals surface area contributed by atoms with Crippen molar-refractivity contribution in [2.75, 3.05) is 18.6 Å². The zero-order valence-electron chi connectivity index (χ0n) is 13.4. The van der Waals surface area contributed by atoms with E-state index < -0.39 is 17.2 Å². The molecule has 1 aromatic carbocycles. The second-order valence-electron chi connectivity index (χ2n) is 6.28. The molecule has 126 valence electrons. The van der Waals surface area contributed by atoms with Gasteiger partial charge in [-0.25, -0.2) is 14.2 Å². The van der Waals surface area contributed by atoms with Gasteiger partial charge in [-0.2, -0.15) is 0 Å². The average Bonchev–Trinajstić information content (AvgIpc) is 2.79. The maximum Gasteiger partial charge on any atom is 0.358 e. The second kappa shape index (κ2) is 5.63. The summed E-state index contributed by atoms with van der Waals surface area (Å²) in [6.45, 7) is 4.45. The Kier molecular flexibility index (Phi) is 3.87. The number of aromatic carboxylic acids is 1. The highest BCUT2D eigenvalue weighted by atomic mass is 35.5. The number of nitrogens with zero attached hydrogens (tertiary/aromatic N) is 2. The lowest BCUT2D eigenvalue weighted by Crippen LogP contribution is -2.25. The van der Waals surface area contributed by atoms with E-state index in [9.17, 15) is 14.3 Å². The van der Waals surface area contributed by atoms with Crippen LogP contribution in [0.1, 0.15) is 30.0 Å². The van der Waals surface area contributed by atoms with E-state index in [0.29, 0.717) is 23.6 Å². The summed E-state index contributed by atoms with van der Waals surface area (Å²) in [6.07, 6.45) is 0. The number of methoxy groups -OCH3 is 1. The second-order valence-corrected chi connectivity index (χ2v) is 6.69. The number of carboxylic acids is 1. The highest BCUT2D eigenvalue weighted by Gasteiger charge is 2.39. The number of hydrogen-bond donors (Lipinski definition) is 1. The quantitative estimate of drug-likeness (QED) is 0.906. The molecule has 1 aliphatic heterocycles. The van der Waals surface area contributed by atoms with Gasteiger partial charge in [-0.15, -0.1) is 0 Å². The van der Waals surface area contributed by atoms with Gasteiger partial charge in [-0.1, -0.05) is 25.4 Å². The molecule has 7 heteroatoms. The summed E-state index contributed by atoms with van der Waals surface area (Å²) in [5.74, 6) is -1.50. The van der Waals surface area contributed by atoms with E-state index in [2.05, 4.69) is 4.98 Å². The smallest absolute Gasteiger partial charge is 0.358 e. The topological polar surface area (TPSA) is 62.7 Å². The number of carbonyl (C=O) groups is 1. The van der Waals surface area contributed by atoms with Crippen LogP contribution in [0, 0.1) is 5.82 Å². The van der Waals surface area contributed by atoms with Gasteiger partial charge in [0.15, 0.2) is 11.4 Å². The summed E-state index contributed by atoms with van der Waals surface area (Å²) in [5, 5.41) is 9.38. The van der Waals surface area contributed by atoms with Gasteiger partial charge in [-0.05, 0) is 18.2 Å². The summed E-state index contributed by atoms with van der Waals surface area (Å²) in [4.78, 5) is 17.6. The normalized spacial score (nSPS) is 15.3. The van der Waals surface area contributed by atoms with Crippen molar-refractivity contribution >= 4 is 28.9 Å². The van der Waals surface area contributed by atoms with Crippen molar-refractivity contribution in [3.05, 3.63) is 46.5 Å². The molecule has 2 heterocycles. The summed E-state index contributed by atoms with van der Waals surface area (Å²) < 4.78 is 19.0. The van der Waals surface area contributed by atoms with Crippen LogP contribution >= 0.6 is 11.6 Å². The number of anilines is 2. The lowest BCUT2D eigenvalue weighted by Gasteiger charge is -2.22. The highest BCUT2D eigenvalue weighted by Crippen LogP contribution is 2.45. The zero-order chi connectivity index (χ0) is 17.6. The van der Waals surface area contributed by atoms with Crippen LogP contribution in [-0.4, -0.2) is 29.7 Å². The van der Waals surface area contributed by atoms with Crippen LogP contribution in [-0.2, 0) is 5.41 Å². The van der Waals surface area contributed by atoms with E-state index in [1.807, 2.05) is 18.7 Å². The van der Waals surface area contributed by atoms with Crippen molar-refractivity contribution < 1.29 is 19.0 Å². The molecule has 0 amide bonds. The Hall–Kier alpha value is -2.34. The molecule has 1 aromatic heterocycles. The van der Waals surface area contributed by atoms with E-state index in [1.165, 1.54) is 19.2 Å². The van der Waals surface area contributed by atoms with Crippen molar-refractivity contribution in [3.8, 4) is 5.75 Å². The number of aromatic nitrogens is 1. The number of ether oxygens (including phenoxy) is 1. The fourth-order valence-electron chi connectivity index (χ4n) is 2.94. The van der Waals surface area contributed by atoms with E-state index in [0.717, 1.165) is 0 Å². The van der Waals surface area contributed by atoms with Gasteiger partial charge >= 0.3 is 5.97 Å². The first-order valence-electron chi connectivity index (χ1n) is 7.30. The molecule has 0 fully saturated rings. The van der Waals surface area contributed by atoms with E-state index in [1.54, 1.807) is 12.1 Å². The summed E-state index contributed by atoms with van der Waals surface area (Å²) in [6, 6.07) is 6.19. The van der Waals surface area contributed by atoms with Crippen LogP contribution in [0.2, 0.25) is 5.02 Å². The molecular weight excluding hydrogens is 335 g/mol. The molecule has 24 heavy (non-hydrogen) atoms. The van der Waals surface area contributed by atoms with Gasteiger partial charge in [0.1, 0.15) is 5.82 Å². The number of benzene rings is 1. The summed E-state index contributed by atoms with van der Waals surface area (Å²) >= 11 is 5.76. The van der Waals surface area contributed by atoms with Crippen LogP contribution in [0.15, 0.2) is 24.3 Å². The first-order valence-corrected chi connectivity index (χ1v) is 7.68. The predicted octanol–water partition coefficient (Wildman–Crippen LogP) is 4.01. The molecule has 0 radical (unpaired) electrons. The number of fused-ring (bicyclic) bond motifs is 1. The van der Waals surface area contributed by atoms with Crippen LogP contribution in [0.4, 0.5) is 15.8 Å². The zero-order valence-corrected chi connectivity index (χ0v) is 14.2. The van der Waals surface area contributed by atoms with Crippen LogP contribution in [0.5, 0.6) is 5.75 Å².